The highest BCUT2D eigenvalue weighted by molar-refractivity contribution is 5.97. The molecule has 0 radical (unpaired) electrons. The number of nitrogens with zero attached hydrogens (tertiary/aromatic N) is 2. The van der Waals surface area contributed by atoms with Crippen LogP contribution in [0.2, 0.25) is 0 Å². The van der Waals surface area contributed by atoms with Gasteiger partial charge in [-0.05, 0) is 48.0 Å². The van der Waals surface area contributed by atoms with E-state index in [1.165, 1.54) is 12.1 Å². The van der Waals surface area contributed by atoms with Gasteiger partial charge in [-0.2, -0.15) is 5.26 Å². The van der Waals surface area contributed by atoms with Crippen molar-refractivity contribution in [2.75, 3.05) is 7.11 Å². The summed E-state index contributed by atoms with van der Waals surface area (Å²) in [6.45, 7) is 0. The minimum Gasteiger partial charge on any atom is -0.497 e. The van der Waals surface area contributed by atoms with E-state index in [0.717, 1.165) is 16.5 Å². The predicted molar refractivity (Wildman–Crippen MR) is 113 cm³/mol. The van der Waals surface area contributed by atoms with Crippen LogP contribution < -0.4 is 4.74 Å². The predicted octanol–water partition coefficient (Wildman–Crippen LogP) is 5.52. The number of benzene rings is 3. The summed E-state index contributed by atoms with van der Waals surface area (Å²) in [5.41, 5.74) is 2.75. The summed E-state index contributed by atoms with van der Waals surface area (Å²) >= 11 is 0. The van der Waals surface area contributed by atoms with E-state index in [0.29, 0.717) is 16.9 Å². The number of Topliss-reactive ketones (excluding diaryl/α,β-unsaturated/α-hetero) is 1. The van der Waals surface area contributed by atoms with Crippen LogP contribution in [-0.4, -0.2) is 17.5 Å². The Morgan fingerprint density at radius 1 is 1.07 bits per heavy atom. The molecule has 0 amide bonds. The minimum atomic E-state index is -0.382. The number of ketones is 1. The van der Waals surface area contributed by atoms with Crippen molar-refractivity contribution in [3.05, 3.63) is 102 Å². The fraction of sp³-hybridized carbons (Fsp3) is 0.120. The van der Waals surface area contributed by atoms with E-state index in [1.807, 2.05) is 28.8 Å². The van der Waals surface area contributed by atoms with E-state index >= 15 is 0 Å². The summed E-state index contributed by atoms with van der Waals surface area (Å²) < 4.78 is 20.6. The van der Waals surface area contributed by atoms with Crippen LogP contribution in [0.15, 0.2) is 79.0 Å². The average molecular weight is 398 g/mol. The van der Waals surface area contributed by atoms with Crippen LogP contribution in [-0.2, 0) is 0 Å². The van der Waals surface area contributed by atoms with Gasteiger partial charge in [0.25, 0.3) is 0 Å². The van der Waals surface area contributed by atoms with Crippen molar-refractivity contribution in [3.8, 4) is 11.8 Å². The summed E-state index contributed by atoms with van der Waals surface area (Å²) in [5, 5.41) is 10.4. The Kier molecular flexibility index (Phi) is 5.32. The molecule has 148 valence electrons. The normalized spacial score (nSPS) is 11.8. The van der Waals surface area contributed by atoms with E-state index in [4.69, 9.17) is 4.74 Å². The number of para-hydroxylation sites is 1. The van der Waals surface area contributed by atoms with Gasteiger partial charge in [-0.15, -0.1) is 0 Å². The van der Waals surface area contributed by atoms with Gasteiger partial charge in [-0.25, -0.2) is 4.39 Å². The van der Waals surface area contributed by atoms with Crippen molar-refractivity contribution in [3.63, 3.8) is 0 Å². The minimum absolute atomic E-state index is 0.0525. The molecule has 30 heavy (non-hydrogen) atoms. The molecule has 1 heterocycles. The number of rotatable bonds is 6. The van der Waals surface area contributed by atoms with Crippen molar-refractivity contribution in [2.45, 2.75) is 12.5 Å². The molecule has 0 aliphatic rings. The van der Waals surface area contributed by atoms with Crippen LogP contribution in [0.25, 0.3) is 10.9 Å². The van der Waals surface area contributed by atoms with E-state index < -0.39 is 0 Å². The van der Waals surface area contributed by atoms with Gasteiger partial charge in [0, 0.05) is 29.1 Å². The summed E-state index contributed by atoms with van der Waals surface area (Å²) in [4.78, 5) is 13.1. The van der Waals surface area contributed by atoms with Crippen LogP contribution >= 0.6 is 0 Å². The highest BCUT2D eigenvalue weighted by Gasteiger charge is 2.22. The third-order valence-corrected chi connectivity index (χ3v) is 5.24. The van der Waals surface area contributed by atoms with Gasteiger partial charge in [0.2, 0.25) is 0 Å². The smallest absolute Gasteiger partial charge is 0.165 e. The molecule has 5 heteroatoms. The molecular weight excluding hydrogens is 379 g/mol. The number of fused-ring (bicyclic) bond motifs is 1. The molecule has 0 bridgehead atoms. The molecule has 1 unspecified atom stereocenters. The topological polar surface area (TPSA) is 55.0 Å². The second kappa shape index (κ2) is 8.22. The van der Waals surface area contributed by atoms with Crippen LogP contribution in [0.1, 0.15) is 33.9 Å². The first-order valence-corrected chi connectivity index (χ1v) is 9.53. The monoisotopic (exact) mass is 398 g/mol. The second-order valence-electron chi connectivity index (χ2n) is 7.00. The Bertz CT molecular complexity index is 1240. The Hall–Kier alpha value is -3.91. The number of hydrogen-bond acceptors (Lipinski definition) is 3. The Morgan fingerprint density at radius 3 is 2.43 bits per heavy atom. The summed E-state index contributed by atoms with van der Waals surface area (Å²) in [6, 6.07) is 22.5. The maximum Gasteiger partial charge on any atom is 0.165 e. The molecule has 0 saturated carbocycles. The first-order valence-electron chi connectivity index (χ1n) is 9.53. The standard InChI is InChI=1S/C25H19FN2O2/c1-30-21-12-8-18(9-13-21)25(29)14-24(17-6-10-20(26)11-7-17)28-16-19(15-27)22-4-2-3-5-23(22)28/h2-13,16,24H,14H2,1H3. The van der Waals surface area contributed by atoms with Crippen molar-refractivity contribution >= 4 is 16.7 Å². The van der Waals surface area contributed by atoms with Crippen molar-refractivity contribution in [1.82, 2.24) is 4.57 Å². The second-order valence-corrected chi connectivity index (χ2v) is 7.00. The fourth-order valence-corrected chi connectivity index (χ4v) is 3.68. The van der Waals surface area contributed by atoms with Gasteiger partial charge in [0.05, 0.1) is 18.7 Å². The van der Waals surface area contributed by atoms with Gasteiger partial charge >= 0.3 is 0 Å². The van der Waals surface area contributed by atoms with Crippen molar-refractivity contribution < 1.29 is 13.9 Å². The first-order chi connectivity index (χ1) is 14.6. The number of methoxy groups -OCH3 is 1. The van der Waals surface area contributed by atoms with Crippen LogP contribution in [0.4, 0.5) is 4.39 Å². The Morgan fingerprint density at radius 2 is 1.77 bits per heavy atom. The van der Waals surface area contributed by atoms with Gasteiger partial charge in [-0.3, -0.25) is 4.79 Å². The van der Waals surface area contributed by atoms with E-state index in [9.17, 15) is 14.4 Å². The van der Waals surface area contributed by atoms with Gasteiger partial charge < -0.3 is 9.30 Å². The number of aromatic nitrogens is 1. The van der Waals surface area contributed by atoms with Gasteiger partial charge in [0.1, 0.15) is 17.6 Å². The number of hydrogen-bond donors (Lipinski definition) is 0. The van der Waals surface area contributed by atoms with Gasteiger partial charge in [0.15, 0.2) is 5.78 Å². The molecule has 0 fully saturated rings. The number of nitriles is 1. The summed E-state index contributed by atoms with van der Waals surface area (Å²) in [5.74, 6) is 0.286. The molecule has 0 saturated heterocycles. The quantitative estimate of drug-likeness (QED) is 0.402. The van der Waals surface area contributed by atoms with E-state index in [2.05, 4.69) is 6.07 Å². The molecule has 4 aromatic rings. The summed E-state index contributed by atoms with van der Waals surface area (Å²) in [6.07, 6.45) is 1.93. The van der Waals surface area contributed by atoms with Crippen LogP contribution in [0.5, 0.6) is 5.75 Å². The highest BCUT2D eigenvalue weighted by Crippen LogP contribution is 2.31. The Balaban J connectivity index is 1.78. The lowest BCUT2D eigenvalue weighted by Gasteiger charge is -2.20. The third kappa shape index (κ3) is 3.68. The first kappa shape index (κ1) is 19.4. The third-order valence-electron chi connectivity index (χ3n) is 5.24. The van der Waals surface area contributed by atoms with Crippen LogP contribution in [0.3, 0.4) is 0 Å². The maximum atomic E-state index is 13.5. The van der Waals surface area contributed by atoms with Crippen molar-refractivity contribution in [1.29, 1.82) is 5.26 Å². The molecule has 0 spiro atoms. The maximum absolute atomic E-state index is 13.5. The average Bonchev–Trinajstić information content (AvgIpc) is 3.17. The lowest BCUT2D eigenvalue weighted by atomic mass is 9.97. The molecule has 0 aliphatic heterocycles. The Labute approximate surface area is 173 Å². The molecule has 4 rings (SSSR count). The number of ether oxygens (including phenoxy) is 1. The zero-order valence-electron chi connectivity index (χ0n) is 16.4. The SMILES string of the molecule is COc1ccc(C(=O)CC(c2ccc(F)cc2)n2cc(C#N)c3ccccc32)cc1. The van der Waals surface area contributed by atoms with Crippen LogP contribution in [0, 0.1) is 17.1 Å². The highest BCUT2D eigenvalue weighted by atomic mass is 19.1. The largest absolute Gasteiger partial charge is 0.497 e. The number of carbonyl (C=O) groups is 1. The molecular formula is C25H19FN2O2. The molecule has 1 atom stereocenters. The molecule has 0 aliphatic carbocycles. The molecule has 3 aromatic carbocycles. The zero-order valence-corrected chi connectivity index (χ0v) is 16.4. The fourth-order valence-electron chi connectivity index (χ4n) is 3.68. The van der Waals surface area contributed by atoms with E-state index in [-0.39, 0.29) is 24.1 Å². The zero-order chi connectivity index (χ0) is 21.1. The summed E-state index contributed by atoms with van der Waals surface area (Å²) in [7, 11) is 1.57. The lowest BCUT2D eigenvalue weighted by molar-refractivity contribution is 0.0970. The molecule has 0 N–H and O–H groups in total. The number of halogens is 1. The van der Waals surface area contributed by atoms with Gasteiger partial charge in [-0.1, -0.05) is 30.3 Å². The lowest BCUT2D eigenvalue weighted by Crippen LogP contribution is -2.15. The molecule has 1 aromatic heterocycles. The van der Waals surface area contributed by atoms with E-state index in [1.54, 1.807) is 49.7 Å². The van der Waals surface area contributed by atoms with Crippen molar-refractivity contribution in [2.24, 2.45) is 0 Å². The molecule has 4 nitrogen and oxygen atoms in total. The number of carbonyl (C=O) groups excluding carboxylic acids is 1.